The minimum atomic E-state index is -1.03. The van der Waals surface area contributed by atoms with E-state index in [9.17, 15) is 4.79 Å². The van der Waals surface area contributed by atoms with Gasteiger partial charge in [0.2, 0.25) is 17.7 Å². The van der Waals surface area contributed by atoms with E-state index < -0.39 is 5.97 Å². The van der Waals surface area contributed by atoms with Gasteiger partial charge in [0.05, 0.1) is 23.5 Å². The number of hydrogen-bond donors (Lipinski definition) is 2. The van der Waals surface area contributed by atoms with Crippen LogP contribution in [0.5, 0.6) is 0 Å². The maximum absolute atomic E-state index is 11.1. The summed E-state index contributed by atoms with van der Waals surface area (Å²) in [7, 11) is 0. The fourth-order valence-corrected chi connectivity index (χ4v) is 2.37. The lowest BCUT2D eigenvalue weighted by Gasteiger charge is -2.05. The molecule has 28 heavy (non-hydrogen) atoms. The molecule has 2 N–H and O–H groups in total. The third-order valence-corrected chi connectivity index (χ3v) is 3.68. The molecule has 0 aliphatic carbocycles. The topological polar surface area (TPSA) is 140 Å². The van der Waals surface area contributed by atoms with Crippen molar-refractivity contribution in [3.8, 4) is 22.9 Å². The Kier molecular flexibility index (Phi) is 4.66. The molecule has 4 rings (SSSR count). The summed E-state index contributed by atoms with van der Waals surface area (Å²) >= 11 is 0. The quantitative estimate of drug-likeness (QED) is 0.516. The summed E-state index contributed by atoms with van der Waals surface area (Å²) in [5.74, 6) is 0.0242. The Morgan fingerprint density at radius 2 is 1.82 bits per heavy atom. The number of aromatic carboxylic acids is 1. The first-order valence-electron chi connectivity index (χ1n) is 8.20. The van der Waals surface area contributed by atoms with Crippen LogP contribution >= 0.6 is 0 Å². The fourth-order valence-electron chi connectivity index (χ4n) is 2.37. The van der Waals surface area contributed by atoms with Crippen LogP contribution in [0.1, 0.15) is 16.2 Å². The second-order valence-corrected chi connectivity index (χ2v) is 5.58. The first kappa shape index (κ1) is 17.2. The molecule has 10 nitrogen and oxygen atoms in total. The average molecular weight is 375 g/mol. The van der Waals surface area contributed by atoms with Crippen molar-refractivity contribution >= 4 is 11.9 Å². The van der Waals surface area contributed by atoms with Crippen LogP contribution in [0, 0.1) is 0 Å². The SMILES string of the molecule is O=C(O)c1ccnc(-c2ccnc(NCc3nc(-c4ccccn4)no3)n2)c1. The van der Waals surface area contributed by atoms with Crippen molar-refractivity contribution in [2.24, 2.45) is 0 Å². The van der Waals surface area contributed by atoms with Gasteiger partial charge in [-0.3, -0.25) is 9.97 Å². The lowest BCUT2D eigenvalue weighted by molar-refractivity contribution is 0.0697. The largest absolute Gasteiger partial charge is 0.478 e. The van der Waals surface area contributed by atoms with E-state index in [1.807, 2.05) is 6.07 Å². The predicted molar refractivity (Wildman–Crippen MR) is 97.1 cm³/mol. The summed E-state index contributed by atoms with van der Waals surface area (Å²) in [6.45, 7) is 0.214. The number of aromatic nitrogens is 6. The molecular formula is C18H13N7O3. The van der Waals surface area contributed by atoms with E-state index in [0.29, 0.717) is 34.7 Å². The van der Waals surface area contributed by atoms with E-state index in [1.165, 1.54) is 18.3 Å². The van der Waals surface area contributed by atoms with Crippen molar-refractivity contribution in [3.63, 3.8) is 0 Å². The number of pyridine rings is 2. The number of rotatable bonds is 6. The van der Waals surface area contributed by atoms with Crippen LogP contribution in [-0.2, 0) is 6.54 Å². The fraction of sp³-hybridized carbons (Fsp3) is 0.0556. The molecule has 4 aromatic heterocycles. The Morgan fingerprint density at radius 3 is 2.64 bits per heavy atom. The lowest BCUT2D eigenvalue weighted by Crippen LogP contribution is -2.05. The first-order valence-corrected chi connectivity index (χ1v) is 8.20. The summed E-state index contributed by atoms with van der Waals surface area (Å²) in [6, 6.07) is 9.94. The number of carboxylic acids is 1. The van der Waals surface area contributed by atoms with E-state index in [1.54, 1.807) is 30.6 Å². The summed E-state index contributed by atoms with van der Waals surface area (Å²) < 4.78 is 5.20. The van der Waals surface area contributed by atoms with Crippen LogP contribution in [0.15, 0.2) is 59.5 Å². The highest BCUT2D eigenvalue weighted by molar-refractivity contribution is 5.88. The highest BCUT2D eigenvalue weighted by Gasteiger charge is 2.11. The standard InChI is InChI=1S/C18H13N7O3/c26-17(27)11-4-7-20-14(9-11)12-5-8-21-18(23-12)22-10-15-24-16(25-28-15)13-3-1-2-6-19-13/h1-9H,10H2,(H,26,27)(H,21,22,23). The molecule has 0 aliphatic heterocycles. The van der Waals surface area contributed by atoms with Crippen molar-refractivity contribution in [2.75, 3.05) is 5.32 Å². The van der Waals surface area contributed by atoms with Gasteiger partial charge in [-0.1, -0.05) is 11.2 Å². The summed E-state index contributed by atoms with van der Waals surface area (Å²) in [4.78, 5) is 32.2. The van der Waals surface area contributed by atoms with Crippen molar-refractivity contribution in [1.82, 2.24) is 30.1 Å². The molecule has 0 spiro atoms. The molecular weight excluding hydrogens is 362 g/mol. The van der Waals surface area contributed by atoms with Crippen LogP contribution < -0.4 is 5.32 Å². The van der Waals surface area contributed by atoms with Gasteiger partial charge in [0.25, 0.3) is 0 Å². The number of hydrogen-bond acceptors (Lipinski definition) is 9. The summed E-state index contributed by atoms with van der Waals surface area (Å²) in [6.07, 6.45) is 4.62. The molecule has 0 fully saturated rings. The van der Waals surface area contributed by atoms with Gasteiger partial charge in [0.15, 0.2) is 0 Å². The predicted octanol–water partition coefficient (Wildman–Crippen LogP) is 2.29. The molecule has 0 bridgehead atoms. The minimum Gasteiger partial charge on any atom is -0.478 e. The lowest BCUT2D eigenvalue weighted by atomic mass is 10.2. The number of anilines is 1. The maximum Gasteiger partial charge on any atom is 0.335 e. The number of nitrogens with one attached hydrogen (secondary N) is 1. The van der Waals surface area contributed by atoms with Crippen molar-refractivity contribution < 1.29 is 14.4 Å². The number of nitrogens with zero attached hydrogens (tertiary/aromatic N) is 6. The summed E-state index contributed by atoms with van der Waals surface area (Å²) in [5.41, 5.74) is 1.66. The van der Waals surface area contributed by atoms with Gasteiger partial charge < -0.3 is 14.9 Å². The third-order valence-electron chi connectivity index (χ3n) is 3.68. The van der Waals surface area contributed by atoms with Crippen LogP contribution in [0.4, 0.5) is 5.95 Å². The smallest absolute Gasteiger partial charge is 0.335 e. The Morgan fingerprint density at radius 1 is 0.964 bits per heavy atom. The molecule has 0 unspecified atom stereocenters. The molecule has 0 aromatic carbocycles. The molecule has 4 heterocycles. The zero-order valence-corrected chi connectivity index (χ0v) is 14.4. The summed E-state index contributed by atoms with van der Waals surface area (Å²) in [5, 5.41) is 16.0. The molecule has 0 radical (unpaired) electrons. The highest BCUT2D eigenvalue weighted by atomic mass is 16.5. The van der Waals surface area contributed by atoms with E-state index >= 15 is 0 Å². The maximum atomic E-state index is 11.1. The molecule has 0 atom stereocenters. The van der Waals surface area contributed by atoms with Gasteiger partial charge in [-0.15, -0.1) is 0 Å². The monoisotopic (exact) mass is 375 g/mol. The molecule has 0 saturated carbocycles. The Labute approximate surface area is 158 Å². The van der Waals surface area contributed by atoms with Gasteiger partial charge in [-0.05, 0) is 30.3 Å². The van der Waals surface area contributed by atoms with Crippen molar-refractivity contribution in [2.45, 2.75) is 6.54 Å². The first-order chi connectivity index (χ1) is 13.7. The average Bonchev–Trinajstić information content (AvgIpc) is 3.22. The van der Waals surface area contributed by atoms with E-state index in [0.717, 1.165) is 0 Å². The van der Waals surface area contributed by atoms with Crippen LogP contribution in [-0.4, -0.2) is 41.2 Å². The Hall–Kier alpha value is -4.21. The third kappa shape index (κ3) is 3.80. The molecule has 10 heteroatoms. The van der Waals surface area contributed by atoms with Gasteiger partial charge in [0, 0.05) is 18.6 Å². The minimum absolute atomic E-state index is 0.131. The zero-order chi connectivity index (χ0) is 19.3. The normalized spacial score (nSPS) is 10.6. The molecule has 0 aliphatic rings. The van der Waals surface area contributed by atoms with Crippen LogP contribution in [0.3, 0.4) is 0 Å². The van der Waals surface area contributed by atoms with Crippen molar-refractivity contribution in [1.29, 1.82) is 0 Å². The highest BCUT2D eigenvalue weighted by Crippen LogP contribution is 2.17. The van der Waals surface area contributed by atoms with Crippen LogP contribution in [0.25, 0.3) is 22.9 Å². The molecule has 0 saturated heterocycles. The molecule has 0 amide bonds. The second-order valence-electron chi connectivity index (χ2n) is 5.58. The molecule has 138 valence electrons. The van der Waals surface area contributed by atoms with Crippen molar-refractivity contribution in [3.05, 3.63) is 66.4 Å². The van der Waals surface area contributed by atoms with Gasteiger partial charge in [-0.25, -0.2) is 14.8 Å². The Bertz CT molecular complexity index is 1110. The Balaban J connectivity index is 1.48. The van der Waals surface area contributed by atoms with Gasteiger partial charge in [-0.2, -0.15) is 4.98 Å². The zero-order valence-electron chi connectivity index (χ0n) is 14.4. The van der Waals surface area contributed by atoms with Gasteiger partial charge in [0.1, 0.15) is 5.69 Å². The van der Waals surface area contributed by atoms with E-state index in [2.05, 4.69) is 35.4 Å². The van der Waals surface area contributed by atoms with E-state index in [-0.39, 0.29) is 12.1 Å². The van der Waals surface area contributed by atoms with E-state index in [4.69, 9.17) is 9.63 Å². The second kappa shape index (κ2) is 7.58. The number of carbonyl (C=O) groups is 1. The number of carboxylic acid groups (broad SMARTS) is 1. The van der Waals surface area contributed by atoms with Crippen LogP contribution in [0.2, 0.25) is 0 Å². The van der Waals surface area contributed by atoms with Gasteiger partial charge >= 0.3 is 5.97 Å². The molecule has 4 aromatic rings.